The van der Waals surface area contributed by atoms with Crippen LogP contribution in [0.1, 0.15) is 89.5 Å². The van der Waals surface area contributed by atoms with Gasteiger partial charge in [-0.3, -0.25) is 4.79 Å². The van der Waals surface area contributed by atoms with Gasteiger partial charge in [0.1, 0.15) is 5.69 Å². The summed E-state index contributed by atoms with van der Waals surface area (Å²) in [5.74, 6) is -0.980. The molecule has 0 amide bonds. The third kappa shape index (κ3) is 10.2. The van der Waals surface area contributed by atoms with E-state index < -0.39 is 5.97 Å². The van der Waals surface area contributed by atoms with Gasteiger partial charge in [0, 0.05) is 18.5 Å². The molecule has 3 aromatic rings. The number of aromatic carboxylic acids is 1. The molecule has 0 aliphatic carbocycles. The maximum absolute atomic E-state index is 10.9. The van der Waals surface area contributed by atoms with Crippen LogP contribution in [0.2, 0.25) is 0 Å². The fourth-order valence-corrected chi connectivity index (χ4v) is 2.86. The lowest BCUT2D eigenvalue weighted by atomic mass is 9.87. The summed E-state index contributed by atoms with van der Waals surface area (Å²) >= 11 is 0. The first kappa shape index (κ1) is 28.8. The first-order valence-corrected chi connectivity index (χ1v) is 11.5. The zero-order valence-corrected chi connectivity index (χ0v) is 22.1. The average Bonchev–Trinajstić information content (AvgIpc) is 2.74. The molecule has 5 heteroatoms. The first-order valence-electron chi connectivity index (χ1n) is 11.5. The van der Waals surface area contributed by atoms with Gasteiger partial charge >= 0.3 is 5.97 Å². The van der Waals surface area contributed by atoms with E-state index in [1.165, 1.54) is 11.8 Å². The Bertz CT molecular complexity index is 1100. The Morgan fingerprint density at radius 1 is 0.735 bits per heavy atom. The van der Waals surface area contributed by atoms with Gasteiger partial charge < -0.3 is 10.1 Å². The number of nitrogens with one attached hydrogen (secondary N) is 1. The second-order valence-electron chi connectivity index (χ2n) is 11.3. The number of rotatable bonds is 1. The predicted octanol–water partition coefficient (Wildman–Crippen LogP) is 6.73. The van der Waals surface area contributed by atoms with Gasteiger partial charge in [-0.1, -0.05) is 92.6 Å². The van der Waals surface area contributed by atoms with Crippen molar-refractivity contribution in [1.29, 1.82) is 0 Å². The van der Waals surface area contributed by atoms with E-state index in [2.05, 4.69) is 81.8 Å². The topological polar surface area (TPSA) is 83.0 Å². The highest BCUT2D eigenvalue weighted by molar-refractivity contribution is 5.85. The summed E-state index contributed by atoms with van der Waals surface area (Å²) in [7, 11) is 0. The lowest BCUT2D eigenvalue weighted by Crippen LogP contribution is -2.15. The van der Waals surface area contributed by atoms with Gasteiger partial charge in [-0.2, -0.15) is 0 Å². The summed E-state index contributed by atoms with van der Waals surface area (Å²) in [6.45, 7) is 19.0. The van der Waals surface area contributed by atoms with Crippen LogP contribution in [0.15, 0.2) is 71.8 Å². The summed E-state index contributed by atoms with van der Waals surface area (Å²) in [4.78, 5) is 27.8. The normalized spacial score (nSPS) is 11.4. The minimum absolute atomic E-state index is 0.0302. The third-order valence-electron chi connectivity index (χ3n) is 5.13. The van der Waals surface area contributed by atoms with Crippen molar-refractivity contribution in [3.63, 3.8) is 0 Å². The average molecular weight is 465 g/mol. The summed E-state index contributed by atoms with van der Waals surface area (Å²) in [5, 5.41) is 8.71. The van der Waals surface area contributed by atoms with E-state index in [-0.39, 0.29) is 22.1 Å². The van der Waals surface area contributed by atoms with E-state index >= 15 is 0 Å². The first-order chi connectivity index (χ1) is 15.5. The lowest BCUT2D eigenvalue weighted by molar-refractivity contribution is 0.0690. The summed E-state index contributed by atoms with van der Waals surface area (Å²) in [6.07, 6.45) is 3.22. The van der Waals surface area contributed by atoms with Crippen LogP contribution in [0.3, 0.4) is 0 Å². The molecule has 3 rings (SSSR count). The lowest BCUT2D eigenvalue weighted by Gasteiger charge is -2.18. The minimum Gasteiger partial charge on any atom is -0.477 e. The van der Waals surface area contributed by atoms with E-state index in [4.69, 9.17) is 5.11 Å². The SMILES string of the molecule is CC(C)(C)c1cc[nH]c(=O)c1.CC(C)(C)c1ccccc1.CC(C)(C)c1ccnc(C(=O)O)c1. The van der Waals surface area contributed by atoms with Crippen LogP contribution < -0.4 is 5.56 Å². The molecule has 1 aromatic carbocycles. The number of carboxylic acids is 1. The molecule has 34 heavy (non-hydrogen) atoms. The van der Waals surface area contributed by atoms with E-state index in [9.17, 15) is 9.59 Å². The Balaban J connectivity index is 0.000000257. The largest absolute Gasteiger partial charge is 0.477 e. The molecule has 5 nitrogen and oxygen atoms in total. The summed E-state index contributed by atoms with van der Waals surface area (Å²) < 4.78 is 0. The number of hydrogen-bond donors (Lipinski definition) is 2. The molecule has 0 aliphatic heterocycles. The number of aromatic nitrogens is 2. The van der Waals surface area contributed by atoms with Gasteiger partial charge in [0.2, 0.25) is 5.56 Å². The molecule has 0 aliphatic rings. The highest BCUT2D eigenvalue weighted by atomic mass is 16.4. The maximum atomic E-state index is 10.9. The van der Waals surface area contributed by atoms with Crippen molar-refractivity contribution >= 4 is 5.97 Å². The van der Waals surface area contributed by atoms with Gasteiger partial charge in [-0.05, 0) is 51.1 Å². The smallest absolute Gasteiger partial charge is 0.354 e. The van der Waals surface area contributed by atoms with E-state index in [1.54, 1.807) is 18.3 Å². The minimum atomic E-state index is -0.980. The third-order valence-corrected chi connectivity index (χ3v) is 5.13. The fraction of sp³-hybridized carbons (Fsp3) is 0.414. The molecular weight excluding hydrogens is 424 g/mol. The molecule has 0 saturated carbocycles. The number of benzene rings is 1. The Kier molecular flexibility index (Phi) is 9.98. The highest BCUT2D eigenvalue weighted by Crippen LogP contribution is 2.22. The van der Waals surface area contributed by atoms with Gasteiger partial charge in [-0.25, -0.2) is 9.78 Å². The predicted molar refractivity (Wildman–Crippen MR) is 141 cm³/mol. The van der Waals surface area contributed by atoms with Crippen molar-refractivity contribution < 1.29 is 9.90 Å². The number of carbonyl (C=O) groups is 1. The van der Waals surface area contributed by atoms with E-state index in [0.29, 0.717) is 5.41 Å². The number of hydrogen-bond acceptors (Lipinski definition) is 3. The zero-order chi connectivity index (χ0) is 26.2. The van der Waals surface area contributed by atoms with Gasteiger partial charge in [0.15, 0.2) is 0 Å². The quantitative estimate of drug-likeness (QED) is 0.418. The molecule has 2 aromatic heterocycles. The molecule has 0 saturated heterocycles. The monoisotopic (exact) mass is 464 g/mol. The van der Waals surface area contributed by atoms with Crippen LogP contribution in [-0.2, 0) is 16.2 Å². The molecule has 2 N–H and O–H groups in total. The number of carboxylic acid groups (broad SMARTS) is 1. The molecule has 2 heterocycles. The second kappa shape index (κ2) is 11.8. The molecule has 184 valence electrons. The molecular formula is C29H40N2O3. The summed E-state index contributed by atoms with van der Waals surface area (Å²) in [6, 6.07) is 17.6. The Morgan fingerprint density at radius 2 is 1.24 bits per heavy atom. The number of aromatic amines is 1. The van der Waals surface area contributed by atoms with Crippen molar-refractivity contribution in [2.45, 2.75) is 78.6 Å². The number of pyridine rings is 2. The van der Waals surface area contributed by atoms with Gasteiger partial charge in [0.25, 0.3) is 0 Å². The van der Waals surface area contributed by atoms with Crippen LogP contribution in [-0.4, -0.2) is 21.0 Å². The standard InChI is InChI=1S/C10H13NO2.C10H14.C9H13NO/c1-10(2,3)7-4-5-11-8(6-7)9(12)13;1-10(2,3)9-7-5-4-6-8-9;1-9(2,3)7-4-5-10-8(11)6-7/h4-6H,1-3H3,(H,12,13);4-8H,1-3H3;4-6H,1-3H3,(H,10,11). The Labute approximate surface area is 204 Å². The van der Waals surface area contributed by atoms with Crippen LogP contribution in [0.4, 0.5) is 0 Å². The Morgan fingerprint density at radius 3 is 1.62 bits per heavy atom. The van der Waals surface area contributed by atoms with Crippen LogP contribution in [0, 0.1) is 0 Å². The maximum Gasteiger partial charge on any atom is 0.354 e. The van der Waals surface area contributed by atoms with E-state index in [0.717, 1.165) is 11.1 Å². The van der Waals surface area contributed by atoms with Crippen molar-refractivity contribution in [3.8, 4) is 0 Å². The molecule has 0 atom stereocenters. The van der Waals surface area contributed by atoms with Gasteiger partial charge in [-0.15, -0.1) is 0 Å². The van der Waals surface area contributed by atoms with Crippen LogP contribution in [0.25, 0.3) is 0 Å². The number of nitrogens with zero attached hydrogens (tertiary/aromatic N) is 1. The molecule has 0 radical (unpaired) electrons. The van der Waals surface area contributed by atoms with Gasteiger partial charge in [0.05, 0.1) is 0 Å². The molecule has 0 bridgehead atoms. The van der Waals surface area contributed by atoms with Crippen molar-refractivity contribution in [1.82, 2.24) is 9.97 Å². The second-order valence-corrected chi connectivity index (χ2v) is 11.3. The Hall–Kier alpha value is -3.21. The molecule has 0 unspecified atom stereocenters. The van der Waals surface area contributed by atoms with Crippen LogP contribution >= 0.6 is 0 Å². The highest BCUT2D eigenvalue weighted by Gasteiger charge is 2.16. The number of H-pyrrole nitrogens is 1. The molecule has 0 fully saturated rings. The van der Waals surface area contributed by atoms with Crippen molar-refractivity contribution in [3.05, 3.63) is 99.7 Å². The van der Waals surface area contributed by atoms with E-state index in [1.807, 2.05) is 32.9 Å². The molecule has 0 spiro atoms. The van der Waals surface area contributed by atoms with Crippen LogP contribution in [0.5, 0.6) is 0 Å². The fourth-order valence-electron chi connectivity index (χ4n) is 2.86. The zero-order valence-electron chi connectivity index (χ0n) is 22.1. The van der Waals surface area contributed by atoms with Crippen molar-refractivity contribution in [2.24, 2.45) is 0 Å². The van der Waals surface area contributed by atoms with Crippen molar-refractivity contribution in [2.75, 3.05) is 0 Å². The summed E-state index contributed by atoms with van der Waals surface area (Å²) in [5.41, 5.74) is 3.85.